The number of nitrogens with one attached hydrogen (secondary N) is 1. The Morgan fingerprint density at radius 2 is 1.52 bits per heavy atom. The van der Waals surface area contributed by atoms with E-state index in [0.29, 0.717) is 18.6 Å². The van der Waals surface area contributed by atoms with Crippen LogP contribution in [-0.2, 0) is 14.3 Å². The number of carbonyl (C=O) groups excluding carboxylic acids is 1. The number of amides is 1. The van der Waals surface area contributed by atoms with Crippen LogP contribution in [0.5, 0.6) is 0 Å². The third-order valence-corrected chi connectivity index (χ3v) is 3.84. The monoisotopic (exact) mass is 398 g/mol. The van der Waals surface area contributed by atoms with Gasteiger partial charge in [-0.2, -0.15) is 23.5 Å². The fraction of sp³-hybridized carbons (Fsp3) is 0.800. The third kappa shape index (κ3) is 17.5. The van der Waals surface area contributed by atoms with Crippen LogP contribution in [0.1, 0.15) is 33.6 Å². The summed E-state index contributed by atoms with van der Waals surface area (Å²) in [5.74, 6) is -0.468. The second-order valence-electron chi connectivity index (χ2n) is 6.04. The van der Waals surface area contributed by atoms with Crippen molar-refractivity contribution in [3.63, 3.8) is 0 Å². The van der Waals surface area contributed by atoms with Crippen LogP contribution in [0.25, 0.3) is 0 Å². The highest BCUT2D eigenvalue weighted by Crippen LogP contribution is 2.08. The molecule has 5 N–H and O–H groups in total. The smallest absolute Gasteiger partial charge is 0.408 e. The Morgan fingerprint density at radius 1 is 1.04 bits per heavy atom. The van der Waals surface area contributed by atoms with E-state index in [2.05, 4.69) is 5.32 Å². The molecule has 0 fully saturated rings. The van der Waals surface area contributed by atoms with E-state index in [1.807, 2.05) is 12.5 Å². The van der Waals surface area contributed by atoms with Gasteiger partial charge in [0.05, 0.1) is 0 Å². The maximum atomic E-state index is 11.3. The summed E-state index contributed by atoms with van der Waals surface area (Å²) in [5, 5.41) is 19.5. The second-order valence-corrected chi connectivity index (χ2v) is 8.02. The summed E-state index contributed by atoms with van der Waals surface area (Å²) >= 11 is 3.14. The standard InChI is InChI=1S/C10H19NO4S.C5H11NO2S/c1-10(2,3)15-9(14)11-7(8(12)13)5-6-16-4;1-9-3-2-4(6)5(7)8/h7H,5-6H2,1-4H3,(H,11,14)(H,12,13);4H,2-3,6H2,1H3,(H,7,8). The molecule has 0 aliphatic heterocycles. The van der Waals surface area contributed by atoms with Gasteiger partial charge in [0.1, 0.15) is 17.7 Å². The molecule has 25 heavy (non-hydrogen) atoms. The Balaban J connectivity index is 0. The molecule has 2 unspecified atom stereocenters. The number of alkyl carbamates (subject to hydrolysis) is 1. The molecule has 8 nitrogen and oxygen atoms in total. The number of aliphatic carboxylic acids is 2. The van der Waals surface area contributed by atoms with Gasteiger partial charge in [-0.05, 0) is 57.6 Å². The molecule has 0 aromatic heterocycles. The van der Waals surface area contributed by atoms with Crippen molar-refractivity contribution in [1.82, 2.24) is 5.32 Å². The Hall–Kier alpha value is -1.13. The van der Waals surface area contributed by atoms with E-state index in [1.165, 1.54) is 11.8 Å². The lowest BCUT2D eigenvalue weighted by Gasteiger charge is -2.21. The van der Waals surface area contributed by atoms with Gasteiger partial charge in [-0.25, -0.2) is 9.59 Å². The van der Waals surface area contributed by atoms with Crippen molar-refractivity contribution < 1.29 is 29.3 Å². The fourth-order valence-electron chi connectivity index (χ4n) is 1.31. The molecule has 0 aromatic rings. The summed E-state index contributed by atoms with van der Waals surface area (Å²) in [5.41, 5.74) is 4.57. The minimum absolute atomic E-state index is 0.385. The average molecular weight is 399 g/mol. The molecule has 0 heterocycles. The predicted molar refractivity (Wildman–Crippen MR) is 102 cm³/mol. The van der Waals surface area contributed by atoms with E-state index in [4.69, 9.17) is 20.7 Å². The van der Waals surface area contributed by atoms with Crippen LogP contribution in [0, 0.1) is 0 Å². The van der Waals surface area contributed by atoms with Crippen LogP contribution in [0.3, 0.4) is 0 Å². The van der Waals surface area contributed by atoms with Gasteiger partial charge < -0.3 is 26.0 Å². The fourth-order valence-corrected chi connectivity index (χ4v) is 2.27. The van der Waals surface area contributed by atoms with E-state index in [-0.39, 0.29) is 0 Å². The van der Waals surface area contributed by atoms with Crippen molar-refractivity contribution in [2.24, 2.45) is 5.73 Å². The van der Waals surface area contributed by atoms with Crippen LogP contribution in [0.4, 0.5) is 4.79 Å². The number of thioether (sulfide) groups is 2. The molecule has 1 amide bonds. The van der Waals surface area contributed by atoms with Gasteiger partial charge in [0.25, 0.3) is 0 Å². The van der Waals surface area contributed by atoms with Crippen LogP contribution >= 0.6 is 23.5 Å². The minimum atomic E-state index is -1.04. The number of hydrogen-bond donors (Lipinski definition) is 4. The van der Waals surface area contributed by atoms with Crippen molar-refractivity contribution >= 4 is 41.6 Å². The quantitative estimate of drug-likeness (QED) is 0.458. The molecular formula is C15H30N2O6S2. The molecule has 0 saturated heterocycles. The Morgan fingerprint density at radius 3 is 1.88 bits per heavy atom. The lowest BCUT2D eigenvalue weighted by atomic mass is 10.2. The van der Waals surface area contributed by atoms with Gasteiger partial charge in [0.2, 0.25) is 0 Å². The molecule has 0 aromatic carbocycles. The highest BCUT2D eigenvalue weighted by Gasteiger charge is 2.23. The molecule has 0 aliphatic rings. The number of rotatable bonds is 9. The Labute approximate surface area is 157 Å². The van der Waals surface area contributed by atoms with Crippen LogP contribution in [0.15, 0.2) is 0 Å². The zero-order valence-electron chi connectivity index (χ0n) is 15.4. The zero-order chi connectivity index (χ0) is 20.0. The summed E-state index contributed by atoms with van der Waals surface area (Å²) in [6, 6.07) is -1.57. The number of nitrogens with two attached hydrogens (primary N) is 1. The first-order valence-electron chi connectivity index (χ1n) is 7.63. The highest BCUT2D eigenvalue weighted by atomic mass is 32.2. The van der Waals surface area contributed by atoms with Crippen molar-refractivity contribution in [3.8, 4) is 0 Å². The summed E-state index contributed by atoms with van der Waals surface area (Å²) in [6.07, 6.45) is 4.05. The van der Waals surface area contributed by atoms with Gasteiger partial charge in [0.15, 0.2) is 0 Å². The number of hydrogen-bond acceptors (Lipinski definition) is 7. The number of carboxylic acid groups (broad SMARTS) is 2. The molecule has 0 radical (unpaired) electrons. The molecule has 0 spiro atoms. The van der Waals surface area contributed by atoms with Crippen molar-refractivity contribution in [2.45, 2.75) is 51.3 Å². The maximum Gasteiger partial charge on any atom is 0.408 e. The van der Waals surface area contributed by atoms with E-state index in [1.54, 1.807) is 32.5 Å². The lowest BCUT2D eigenvalue weighted by molar-refractivity contribution is -0.140. The van der Waals surface area contributed by atoms with Crippen molar-refractivity contribution in [2.75, 3.05) is 24.0 Å². The first-order valence-corrected chi connectivity index (χ1v) is 10.4. The molecule has 148 valence electrons. The lowest BCUT2D eigenvalue weighted by Crippen LogP contribution is -2.43. The van der Waals surface area contributed by atoms with Gasteiger partial charge in [0, 0.05) is 0 Å². The second kappa shape index (κ2) is 14.1. The maximum absolute atomic E-state index is 11.3. The molecule has 0 rings (SSSR count). The summed E-state index contributed by atoms with van der Waals surface area (Å²) in [6.45, 7) is 5.18. The van der Waals surface area contributed by atoms with E-state index in [0.717, 1.165) is 5.75 Å². The van der Waals surface area contributed by atoms with E-state index >= 15 is 0 Å². The Kier molecular flexibility index (Phi) is 14.7. The third-order valence-electron chi connectivity index (χ3n) is 2.55. The number of carbonyl (C=O) groups is 3. The SMILES string of the molecule is CSCCC(N)C(=O)O.CSCCC(NC(=O)OC(C)(C)C)C(=O)O. The summed E-state index contributed by atoms with van der Waals surface area (Å²) in [4.78, 5) is 32.2. The molecule has 2 atom stereocenters. The van der Waals surface area contributed by atoms with E-state index < -0.39 is 35.7 Å². The molecule has 0 saturated carbocycles. The van der Waals surface area contributed by atoms with Crippen LogP contribution < -0.4 is 11.1 Å². The van der Waals surface area contributed by atoms with Crippen LogP contribution in [-0.4, -0.2) is 69.9 Å². The summed E-state index contributed by atoms with van der Waals surface area (Å²) < 4.78 is 4.98. The number of ether oxygens (including phenoxy) is 1. The van der Waals surface area contributed by atoms with Gasteiger partial charge in [-0.15, -0.1) is 0 Å². The first kappa shape index (κ1) is 26.1. The molecule has 0 bridgehead atoms. The highest BCUT2D eigenvalue weighted by molar-refractivity contribution is 7.98. The summed E-state index contributed by atoms with van der Waals surface area (Å²) in [7, 11) is 0. The topological polar surface area (TPSA) is 139 Å². The van der Waals surface area contributed by atoms with E-state index in [9.17, 15) is 14.4 Å². The first-order chi connectivity index (χ1) is 11.4. The predicted octanol–water partition coefficient (Wildman–Crippen LogP) is 1.87. The Bertz CT molecular complexity index is 415. The van der Waals surface area contributed by atoms with Gasteiger partial charge in [-0.1, -0.05) is 0 Å². The average Bonchev–Trinajstić information content (AvgIpc) is 2.47. The molecular weight excluding hydrogens is 368 g/mol. The zero-order valence-corrected chi connectivity index (χ0v) is 17.0. The van der Waals surface area contributed by atoms with Crippen molar-refractivity contribution in [3.05, 3.63) is 0 Å². The van der Waals surface area contributed by atoms with Gasteiger partial charge >= 0.3 is 18.0 Å². The normalized spacial score (nSPS) is 13.0. The number of carboxylic acids is 2. The molecule has 0 aliphatic carbocycles. The van der Waals surface area contributed by atoms with Gasteiger partial charge in [-0.3, -0.25) is 4.79 Å². The minimum Gasteiger partial charge on any atom is -0.480 e. The van der Waals surface area contributed by atoms with Crippen LogP contribution in [0.2, 0.25) is 0 Å². The van der Waals surface area contributed by atoms with Crippen molar-refractivity contribution in [1.29, 1.82) is 0 Å². The largest absolute Gasteiger partial charge is 0.480 e. The molecule has 10 heteroatoms.